The van der Waals surface area contributed by atoms with Crippen LogP contribution in [0.4, 0.5) is 0 Å². The standard InChI is InChI=1S/C78H148O17P2/c1-7-9-11-13-15-17-19-21-23-25-31-39-45-51-57-63-78(83)94-73(66-88-75(80)60-54-48-42-36-29-27-26-28-34-40-46-52-58-70(3)4)68-92-96(84,85)90-64-72(79)65-91-97(86,87)93-69-74(67-89-76(81)61-55-49-43-37-33-32-35-41-47-53-59-71(5)6)95-77(82)62-56-50-44-38-30-24-22-20-18-16-14-12-10-8-2/h17,19,21,23,70-74,79H,7-16,18,20,22,24-69H2,1-6H3,(H,84,85)(H,86,87)/b19-17-,23-21-/t72-,73-,74-/m1/s1. The number of aliphatic hydroxyl groups is 1. The van der Waals surface area contributed by atoms with Gasteiger partial charge in [0.15, 0.2) is 12.2 Å². The number of allylic oxidation sites excluding steroid dienone is 4. The fourth-order valence-electron chi connectivity index (χ4n) is 11.5. The summed E-state index contributed by atoms with van der Waals surface area (Å²) in [4.78, 5) is 72.9. The predicted octanol–water partition coefficient (Wildman–Crippen LogP) is 22.7. The third-order valence-corrected chi connectivity index (χ3v) is 19.5. The monoisotopic (exact) mass is 1420 g/mol. The number of ether oxygens (including phenoxy) is 4. The molecule has 0 saturated carbocycles. The minimum absolute atomic E-state index is 0.0851. The lowest BCUT2D eigenvalue weighted by molar-refractivity contribution is -0.161. The fraction of sp³-hybridized carbons (Fsp3) is 0.897. The van der Waals surface area contributed by atoms with Gasteiger partial charge in [0.2, 0.25) is 0 Å². The molecule has 0 aliphatic heterocycles. The van der Waals surface area contributed by atoms with Crippen molar-refractivity contribution >= 4 is 39.5 Å². The number of hydrogen-bond acceptors (Lipinski definition) is 15. The molecule has 0 aromatic carbocycles. The first kappa shape index (κ1) is 94.5. The van der Waals surface area contributed by atoms with Crippen LogP contribution in [0, 0.1) is 11.8 Å². The van der Waals surface area contributed by atoms with Crippen LogP contribution in [0.5, 0.6) is 0 Å². The highest BCUT2D eigenvalue weighted by atomic mass is 31.2. The van der Waals surface area contributed by atoms with Crippen LogP contribution < -0.4 is 0 Å². The van der Waals surface area contributed by atoms with Crippen LogP contribution in [-0.4, -0.2) is 96.7 Å². The van der Waals surface area contributed by atoms with E-state index in [0.717, 1.165) is 115 Å². The van der Waals surface area contributed by atoms with Gasteiger partial charge in [-0.05, 0) is 63.2 Å². The summed E-state index contributed by atoms with van der Waals surface area (Å²) >= 11 is 0. The normalized spacial score (nSPS) is 14.1. The van der Waals surface area contributed by atoms with Crippen molar-refractivity contribution in [1.82, 2.24) is 0 Å². The highest BCUT2D eigenvalue weighted by Crippen LogP contribution is 2.45. The molecule has 0 aromatic rings. The Morgan fingerprint density at radius 1 is 0.320 bits per heavy atom. The van der Waals surface area contributed by atoms with E-state index in [1.54, 1.807) is 0 Å². The average molecular weight is 1420 g/mol. The van der Waals surface area contributed by atoms with E-state index in [2.05, 4.69) is 65.8 Å². The maximum atomic E-state index is 13.1. The molecule has 0 aromatic heterocycles. The second kappa shape index (κ2) is 69.3. The van der Waals surface area contributed by atoms with E-state index in [-0.39, 0.29) is 25.7 Å². The zero-order valence-corrected chi connectivity index (χ0v) is 64.7. The van der Waals surface area contributed by atoms with Crippen LogP contribution in [0.2, 0.25) is 0 Å². The SMILES string of the molecule is CCCCCC/C=C\C=C/CCCCCCCC(=O)O[C@H](COC(=O)CCCCCCCCCCCCCCC(C)C)COP(=O)(O)OC[C@@H](O)COP(=O)(O)OC[C@@H](COC(=O)CCCCCCCCCCCCC(C)C)OC(=O)CCCCCCCCCCCCCCCC. The largest absolute Gasteiger partial charge is 0.472 e. The Kier molecular flexibility index (Phi) is 67.5. The van der Waals surface area contributed by atoms with Gasteiger partial charge in [-0.2, -0.15) is 0 Å². The summed E-state index contributed by atoms with van der Waals surface area (Å²) in [6, 6.07) is 0. The highest BCUT2D eigenvalue weighted by Gasteiger charge is 2.30. The zero-order valence-electron chi connectivity index (χ0n) is 62.9. The van der Waals surface area contributed by atoms with Crippen LogP contribution in [0.3, 0.4) is 0 Å². The van der Waals surface area contributed by atoms with Gasteiger partial charge in [0.1, 0.15) is 19.3 Å². The van der Waals surface area contributed by atoms with Crippen LogP contribution in [-0.2, 0) is 65.4 Å². The predicted molar refractivity (Wildman–Crippen MR) is 395 cm³/mol. The molecule has 0 saturated heterocycles. The van der Waals surface area contributed by atoms with Crippen LogP contribution in [0.25, 0.3) is 0 Å². The maximum absolute atomic E-state index is 13.1. The summed E-state index contributed by atoms with van der Waals surface area (Å²) in [5, 5.41) is 10.6. The molecule has 3 N–H and O–H groups in total. The molecule has 5 atom stereocenters. The molecule has 97 heavy (non-hydrogen) atoms. The summed E-state index contributed by atoms with van der Waals surface area (Å²) < 4.78 is 68.6. The Bertz CT molecular complexity index is 1970. The lowest BCUT2D eigenvalue weighted by Gasteiger charge is -2.21. The Balaban J connectivity index is 5.31. The van der Waals surface area contributed by atoms with Gasteiger partial charge in [0.25, 0.3) is 0 Å². The van der Waals surface area contributed by atoms with E-state index in [1.165, 1.54) is 186 Å². The molecule has 0 radical (unpaired) electrons. The van der Waals surface area contributed by atoms with Crippen LogP contribution in [0.15, 0.2) is 24.3 Å². The quantitative estimate of drug-likeness (QED) is 0.0169. The van der Waals surface area contributed by atoms with Gasteiger partial charge in [0.05, 0.1) is 26.4 Å². The van der Waals surface area contributed by atoms with E-state index >= 15 is 0 Å². The number of unbranched alkanes of at least 4 members (excludes halogenated alkanes) is 42. The lowest BCUT2D eigenvalue weighted by atomic mass is 10.0. The smallest absolute Gasteiger partial charge is 0.462 e. The first-order valence-electron chi connectivity index (χ1n) is 39.8. The van der Waals surface area contributed by atoms with E-state index in [1.807, 2.05) is 0 Å². The molecular weight excluding hydrogens is 1270 g/mol. The van der Waals surface area contributed by atoms with Gasteiger partial charge in [-0.3, -0.25) is 37.3 Å². The topological polar surface area (TPSA) is 237 Å². The minimum Gasteiger partial charge on any atom is -0.462 e. The molecule has 0 rings (SSSR count). The van der Waals surface area contributed by atoms with Crippen molar-refractivity contribution in [1.29, 1.82) is 0 Å². The van der Waals surface area contributed by atoms with Crippen LogP contribution >= 0.6 is 15.6 Å². The molecule has 0 spiro atoms. The van der Waals surface area contributed by atoms with Crippen molar-refractivity contribution in [2.45, 2.75) is 400 Å². The molecule has 0 fully saturated rings. The Labute approximate surface area is 592 Å². The van der Waals surface area contributed by atoms with Gasteiger partial charge in [-0.25, -0.2) is 9.13 Å². The highest BCUT2D eigenvalue weighted by molar-refractivity contribution is 7.47. The lowest BCUT2D eigenvalue weighted by Crippen LogP contribution is -2.30. The van der Waals surface area contributed by atoms with Crippen molar-refractivity contribution in [2.24, 2.45) is 11.8 Å². The number of carbonyl (C=O) groups is 4. The van der Waals surface area contributed by atoms with Crippen LogP contribution in [0.1, 0.15) is 382 Å². The fourth-order valence-corrected chi connectivity index (χ4v) is 13.0. The average Bonchev–Trinajstić information content (AvgIpc) is 1.17. The van der Waals surface area contributed by atoms with E-state index in [4.69, 9.17) is 37.0 Å². The number of rotatable bonds is 75. The van der Waals surface area contributed by atoms with Gasteiger partial charge in [-0.15, -0.1) is 0 Å². The molecule has 0 heterocycles. The summed E-state index contributed by atoms with van der Waals surface area (Å²) in [6.45, 7) is 9.55. The first-order chi connectivity index (χ1) is 46.9. The second-order valence-electron chi connectivity index (χ2n) is 28.4. The van der Waals surface area contributed by atoms with Gasteiger partial charge >= 0.3 is 39.5 Å². The van der Waals surface area contributed by atoms with Gasteiger partial charge in [0, 0.05) is 25.7 Å². The molecular formula is C78H148O17P2. The van der Waals surface area contributed by atoms with Gasteiger partial charge in [-0.1, -0.05) is 329 Å². The number of phosphoric ester groups is 2. The number of hydrogen-bond donors (Lipinski definition) is 3. The molecule has 2 unspecified atom stereocenters. The summed E-state index contributed by atoms with van der Waals surface area (Å²) in [5.41, 5.74) is 0. The third kappa shape index (κ3) is 71.7. The number of carbonyl (C=O) groups excluding carboxylic acids is 4. The second-order valence-corrected chi connectivity index (χ2v) is 31.3. The molecule has 17 nitrogen and oxygen atoms in total. The summed E-state index contributed by atoms with van der Waals surface area (Å²) in [7, 11) is -9.93. The van der Waals surface area contributed by atoms with E-state index in [9.17, 15) is 43.2 Å². The summed E-state index contributed by atoms with van der Waals surface area (Å²) in [5.74, 6) is -0.605. The Morgan fingerprint density at radius 2 is 0.557 bits per heavy atom. The van der Waals surface area contributed by atoms with Gasteiger partial charge < -0.3 is 33.8 Å². The van der Waals surface area contributed by atoms with Crippen molar-refractivity contribution in [2.75, 3.05) is 39.6 Å². The Hall–Kier alpha value is -2.46. The molecule has 572 valence electrons. The van der Waals surface area contributed by atoms with Crippen molar-refractivity contribution in [3.63, 3.8) is 0 Å². The molecule has 19 heteroatoms. The van der Waals surface area contributed by atoms with Crippen molar-refractivity contribution in [3.05, 3.63) is 24.3 Å². The van der Waals surface area contributed by atoms with Crippen molar-refractivity contribution < 1.29 is 80.2 Å². The first-order valence-corrected chi connectivity index (χ1v) is 42.8. The molecule has 0 bridgehead atoms. The maximum Gasteiger partial charge on any atom is 0.472 e. The summed E-state index contributed by atoms with van der Waals surface area (Å²) in [6.07, 6.45) is 60.3. The minimum atomic E-state index is -4.97. The van der Waals surface area contributed by atoms with Crippen molar-refractivity contribution in [3.8, 4) is 0 Å². The zero-order chi connectivity index (χ0) is 71.4. The molecule has 0 aliphatic carbocycles. The number of esters is 4. The number of aliphatic hydroxyl groups excluding tert-OH is 1. The number of phosphoric acid groups is 2. The molecule has 0 aliphatic rings. The van der Waals surface area contributed by atoms with E-state index < -0.39 is 97.5 Å². The third-order valence-electron chi connectivity index (χ3n) is 17.6. The Morgan fingerprint density at radius 3 is 0.845 bits per heavy atom. The molecule has 0 amide bonds. The van der Waals surface area contributed by atoms with E-state index in [0.29, 0.717) is 25.7 Å².